The molecule has 0 bridgehead atoms. The number of benzene rings is 2. The van der Waals surface area contributed by atoms with Gasteiger partial charge in [-0.25, -0.2) is 9.37 Å². The number of allylic oxidation sites excluding steroid dienone is 1. The third-order valence-electron chi connectivity index (χ3n) is 3.35. The second-order valence-electron chi connectivity index (χ2n) is 5.05. The topological polar surface area (TPSA) is 56.9 Å². The lowest BCUT2D eigenvalue weighted by molar-refractivity contribution is 0.476. The quantitative estimate of drug-likeness (QED) is 0.555. The molecule has 0 saturated carbocycles. The first-order valence-corrected chi connectivity index (χ1v) is 8.63. The van der Waals surface area contributed by atoms with Crippen LogP contribution in [0.25, 0.3) is 22.9 Å². The number of nitriles is 1. The highest BCUT2D eigenvalue weighted by Gasteiger charge is 2.11. The van der Waals surface area contributed by atoms with Gasteiger partial charge in [0.25, 0.3) is 0 Å². The average molecular weight is 391 g/mol. The van der Waals surface area contributed by atoms with E-state index in [9.17, 15) is 14.8 Å². The summed E-state index contributed by atoms with van der Waals surface area (Å²) in [6.45, 7) is 0. The molecule has 0 saturated heterocycles. The summed E-state index contributed by atoms with van der Waals surface area (Å²) in [4.78, 5) is 4.43. The van der Waals surface area contributed by atoms with Crippen molar-refractivity contribution in [3.63, 3.8) is 0 Å². The summed E-state index contributed by atoms with van der Waals surface area (Å²) >= 11 is 13.1. The Morgan fingerprint density at radius 1 is 1.20 bits per heavy atom. The molecule has 0 atom stereocenters. The standard InChI is InChI=1S/C18H9Cl2FN2OS/c19-14-6-10(7-15(20)17(14)24)5-12(8-22)18-23-16(9-25-18)11-1-3-13(21)4-2-11/h1-7,9,24H. The van der Waals surface area contributed by atoms with Gasteiger partial charge in [0.05, 0.1) is 21.3 Å². The first-order valence-electron chi connectivity index (χ1n) is 6.99. The molecule has 3 rings (SSSR count). The summed E-state index contributed by atoms with van der Waals surface area (Å²) < 4.78 is 13.0. The van der Waals surface area contributed by atoms with E-state index in [0.717, 1.165) is 5.56 Å². The SMILES string of the molecule is N#CC(=Cc1cc(Cl)c(O)c(Cl)c1)c1nc(-c2ccc(F)cc2)cs1. The van der Waals surface area contributed by atoms with Gasteiger partial charge in [0, 0.05) is 10.9 Å². The van der Waals surface area contributed by atoms with Gasteiger partial charge in [0.1, 0.15) is 16.9 Å². The summed E-state index contributed by atoms with van der Waals surface area (Å²) in [7, 11) is 0. The van der Waals surface area contributed by atoms with Crippen LogP contribution >= 0.6 is 34.5 Å². The number of hydrogen-bond acceptors (Lipinski definition) is 4. The number of aromatic hydroxyl groups is 1. The van der Waals surface area contributed by atoms with Gasteiger partial charge in [0.15, 0.2) is 5.75 Å². The first kappa shape index (κ1) is 17.4. The van der Waals surface area contributed by atoms with Gasteiger partial charge < -0.3 is 5.11 Å². The number of nitrogens with zero attached hydrogens (tertiary/aromatic N) is 2. The lowest BCUT2D eigenvalue weighted by Gasteiger charge is -2.02. The van der Waals surface area contributed by atoms with Crippen LogP contribution in [-0.4, -0.2) is 10.1 Å². The van der Waals surface area contributed by atoms with E-state index in [0.29, 0.717) is 21.8 Å². The van der Waals surface area contributed by atoms with Gasteiger partial charge in [-0.2, -0.15) is 5.26 Å². The van der Waals surface area contributed by atoms with Crippen molar-refractivity contribution in [2.24, 2.45) is 0 Å². The molecule has 1 N–H and O–H groups in total. The minimum absolute atomic E-state index is 0.0992. The fourth-order valence-corrected chi connectivity index (χ4v) is 3.43. The molecule has 0 amide bonds. The minimum Gasteiger partial charge on any atom is -0.505 e. The maximum atomic E-state index is 13.0. The van der Waals surface area contributed by atoms with Gasteiger partial charge in [-0.3, -0.25) is 0 Å². The molecule has 2 aromatic carbocycles. The van der Waals surface area contributed by atoms with E-state index < -0.39 is 0 Å². The van der Waals surface area contributed by atoms with Gasteiger partial charge in [-0.1, -0.05) is 23.2 Å². The number of aromatic nitrogens is 1. The summed E-state index contributed by atoms with van der Waals surface area (Å²) in [5.41, 5.74) is 2.32. The maximum Gasteiger partial charge on any atom is 0.152 e. The summed E-state index contributed by atoms with van der Waals surface area (Å²) in [6, 6.07) is 11.1. The van der Waals surface area contributed by atoms with Gasteiger partial charge in [-0.05, 0) is 48.0 Å². The highest BCUT2D eigenvalue weighted by atomic mass is 35.5. The monoisotopic (exact) mass is 390 g/mol. The maximum absolute atomic E-state index is 13.0. The Bertz CT molecular complexity index is 984. The summed E-state index contributed by atoms with van der Waals surface area (Å²) in [6.07, 6.45) is 1.59. The van der Waals surface area contributed by atoms with Gasteiger partial charge >= 0.3 is 0 Å². The number of halogens is 3. The van der Waals surface area contributed by atoms with Crippen LogP contribution in [0, 0.1) is 17.1 Å². The number of phenolic OH excluding ortho intramolecular Hbond substituents is 1. The molecule has 3 nitrogen and oxygen atoms in total. The summed E-state index contributed by atoms with van der Waals surface area (Å²) in [5.74, 6) is -0.523. The number of thiazole rings is 1. The zero-order valence-corrected chi connectivity index (χ0v) is 14.8. The van der Waals surface area contributed by atoms with Crippen LogP contribution in [0.5, 0.6) is 5.75 Å². The molecule has 0 radical (unpaired) electrons. The van der Waals surface area contributed by atoms with Crippen molar-refractivity contribution >= 4 is 46.2 Å². The molecule has 3 aromatic rings. The van der Waals surface area contributed by atoms with E-state index in [-0.39, 0.29) is 21.6 Å². The molecule has 0 aliphatic heterocycles. The Hall–Kier alpha value is -2.39. The van der Waals surface area contributed by atoms with Crippen molar-refractivity contribution in [3.8, 4) is 23.1 Å². The van der Waals surface area contributed by atoms with Crippen molar-refractivity contribution in [2.75, 3.05) is 0 Å². The average Bonchev–Trinajstić information content (AvgIpc) is 3.08. The van der Waals surface area contributed by atoms with E-state index in [4.69, 9.17) is 23.2 Å². The molecule has 124 valence electrons. The van der Waals surface area contributed by atoms with Crippen molar-refractivity contribution in [3.05, 3.63) is 68.2 Å². The Morgan fingerprint density at radius 2 is 1.84 bits per heavy atom. The third kappa shape index (κ3) is 3.83. The van der Waals surface area contributed by atoms with Crippen LogP contribution in [-0.2, 0) is 0 Å². The van der Waals surface area contributed by atoms with Crippen LogP contribution in [0.2, 0.25) is 10.0 Å². The third-order valence-corrected chi connectivity index (χ3v) is 4.80. The normalized spacial score (nSPS) is 11.4. The zero-order valence-electron chi connectivity index (χ0n) is 12.5. The van der Waals surface area contributed by atoms with Crippen LogP contribution in [0.3, 0.4) is 0 Å². The van der Waals surface area contributed by atoms with Crippen molar-refractivity contribution in [1.82, 2.24) is 4.98 Å². The minimum atomic E-state index is -0.321. The molecular weight excluding hydrogens is 382 g/mol. The number of rotatable bonds is 3. The molecule has 1 heterocycles. The highest BCUT2D eigenvalue weighted by molar-refractivity contribution is 7.11. The highest BCUT2D eigenvalue weighted by Crippen LogP contribution is 2.34. The summed E-state index contributed by atoms with van der Waals surface area (Å²) in [5, 5.41) is 21.5. The Morgan fingerprint density at radius 3 is 2.44 bits per heavy atom. The van der Waals surface area contributed by atoms with Crippen LogP contribution in [0.15, 0.2) is 41.8 Å². The molecule has 7 heteroatoms. The molecule has 0 fully saturated rings. The Kier molecular flexibility index (Phi) is 5.05. The van der Waals surface area contributed by atoms with E-state index >= 15 is 0 Å². The van der Waals surface area contributed by atoms with Crippen molar-refractivity contribution in [2.45, 2.75) is 0 Å². The van der Waals surface area contributed by atoms with Crippen LogP contribution in [0.1, 0.15) is 10.6 Å². The smallest absolute Gasteiger partial charge is 0.152 e. The molecule has 0 spiro atoms. The Balaban J connectivity index is 1.97. The molecule has 0 aliphatic carbocycles. The van der Waals surface area contributed by atoms with E-state index in [1.807, 2.05) is 0 Å². The van der Waals surface area contributed by atoms with E-state index in [1.54, 1.807) is 23.6 Å². The van der Waals surface area contributed by atoms with E-state index in [2.05, 4.69) is 11.1 Å². The molecule has 1 aromatic heterocycles. The predicted molar refractivity (Wildman–Crippen MR) is 99.1 cm³/mol. The number of hydrogen-bond donors (Lipinski definition) is 1. The second-order valence-corrected chi connectivity index (χ2v) is 6.72. The van der Waals surface area contributed by atoms with Gasteiger partial charge in [0.2, 0.25) is 0 Å². The molecule has 25 heavy (non-hydrogen) atoms. The lowest BCUT2D eigenvalue weighted by atomic mass is 10.1. The first-order chi connectivity index (χ1) is 12.0. The fraction of sp³-hybridized carbons (Fsp3) is 0. The zero-order chi connectivity index (χ0) is 18.0. The predicted octanol–water partition coefficient (Wildman–Crippen LogP) is 6.03. The second kappa shape index (κ2) is 7.24. The van der Waals surface area contributed by atoms with Crippen LogP contribution in [0.4, 0.5) is 4.39 Å². The fourth-order valence-electron chi connectivity index (χ4n) is 2.13. The number of phenols is 1. The molecular formula is C18H9Cl2FN2OS. The van der Waals surface area contributed by atoms with Crippen molar-refractivity contribution < 1.29 is 9.50 Å². The largest absolute Gasteiger partial charge is 0.505 e. The van der Waals surface area contributed by atoms with Crippen molar-refractivity contribution in [1.29, 1.82) is 5.26 Å². The molecule has 0 unspecified atom stereocenters. The lowest BCUT2D eigenvalue weighted by Crippen LogP contribution is -1.84. The molecule has 0 aliphatic rings. The van der Waals surface area contributed by atoms with Gasteiger partial charge in [-0.15, -0.1) is 11.3 Å². The van der Waals surface area contributed by atoms with E-state index in [1.165, 1.54) is 35.6 Å². The Labute approximate surface area is 157 Å². The van der Waals surface area contributed by atoms with Crippen LogP contribution < -0.4 is 0 Å².